The molecule has 0 aliphatic rings. The fourth-order valence-electron chi connectivity index (χ4n) is 9.13. The van der Waals surface area contributed by atoms with Crippen LogP contribution in [0.2, 0.25) is 0 Å². The van der Waals surface area contributed by atoms with Gasteiger partial charge >= 0.3 is 0 Å². The van der Waals surface area contributed by atoms with Crippen LogP contribution in [0.3, 0.4) is 0 Å². The second-order valence-corrected chi connectivity index (χ2v) is 14.3. The molecule has 0 radical (unpaired) electrons. The molecule has 0 heteroatoms. The van der Waals surface area contributed by atoms with E-state index in [1.54, 1.807) is 0 Å². The van der Waals surface area contributed by atoms with Crippen molar-refractivity contribution in [2.24, 2.45) is 0 Å². The molecule has 250 valence electrons. The number of rotatable bonds is 4. The summed E-state index contributed by atoms with van der Waals surface area (Å²) in [4.78, 5) is 0. The summed E-state index contributed by atoms with van der Waals surface area (Å²) in [5.41, 5.74) is 9.96. The van der Waals surface area contributed by atoms with E-state index in [0.717, 1.165) is 0 Å². The summed E-state index contributed by atoms with van der Waals surface area (Å²) in [6.07, 6.45) is 0. The molecular formula is C54H34. The highest BCUT2D eigenvalue weighted by Gasteiger charge is 2.24. The van der Waals surface area contributed by atoms with Crippen molar-refractivity contribution in [3.8, 4) is 44.5 Å². The lowest BCUT2D eigenvalue weighted by Crippen LogP contribution is -1.96. The largest absolute Gasteiger partial charge is 0.0622 e. The van der Waals surface area contributed by atoms with Gasteiger partial charge in [-0.2, -0.15) is 0 Å². The molecule has 11 rings (SSSR count). The molecule has 0 atom stereocenters. The Balaban J connectivity index is 1.30. The van der Waals surface area contributed by atoms with Gasteiger partial charge in [-0.3, -0.25) is 0 Å². The standard InChI is InChI=1S/C54H34/c1-3-17-35(18-4-1)49-33-37-21-7-8-22-39(37)52(36-19-5-2-6-20-36)54(49)53-47-29-15-13-27-45(47)51(46-28-14-16-30-48(46)53)38-31-32-44-42-25-10-9-23-40(42)41-24-11-12-26-43(41)50(44)34-38/h1-34H. The van der Waals surface area contributed by atoms with E-state index >= 15 is 0 Å². The maximum Gasteiger partial charge on any atom is -0.000786 e. The first kappa shape index (κ1) is 30.6. The van der Waals surface area contributed by atoms with E-state index < -0.39 is 0 Å². The van der Waals surface area contributed by atoms with Crippen LogP contribution in [-0.2, 0) is 0 Å². The van der Waals surface area contributed by atoms with Crippen LogP contribution >= 0.6 is 0 Å². The number of fused-ring (bicyclic) bond motifs is 9. The number of hydrogen-bond donors (Lipinski definition) is 0. The highest BCUT2D eigenvalue weighted by atomic mass is 14.3. The summed E-state index contributed by atoms with van der Waals surface area (Å²) in [6.45, 7) is 0. The van der Waals surface area contributed by atoms with E-state index in [9.17, 15) is 0 Å². The first-order valence-electron chi connectivity index (χ1n) is 18.8. The normalized spacial score (nSPS) is 11.7. The third-order valence-corrected chi connectivity index (χ3v) is 11.4. The fourth-order valence-corrected chi connectivity index (χ4v) is 9.13. The molecule has 54 heavy (non-hydrogen) atoms. The summed E-state index contributed by atoms with van der Waals surface area (Å²) in [5, 5.41) is 15.2. The molecule has 0 saturated heterocycles. The summed E-state index contributed by atoms with van der Waals surface area (Å²) in [7, 11) is 0. The Morgan fingerprint density at radius 1 is 0.185 bits per heavy atom. The van der Waals surface area contributed by atoms with Gasteiger partial charge < -0.3 is 0 Å². The Bertz CT molecular complexity index is 3150. The first-order valence-corrected chi connectivity index (χ1v) is 18.8. The Kier molecular flexibility index (Phi) is 6.97. The van der Waals surface area contributed by atoms with Crippen molar-refractivity contribution in [3.63, 3.8) is 0 Å². The van der Waals surface area contributed by atoms with Gasteiger partial charge in [0.2, 0.25) is 0 Å². The zero-order chi connectivity index (χ0) is 35.6. The Morgan fingerprint density at radius 2 is 0.593 bits per heavy atom. The zero-order valence-corrected chi connectivity index (χ0v) is 29.6. The number of benzene rings is 11. The van der Waals surface area contributed by atoms with Crippen LogP contribution in [0.5, 0.6) is 0 Å². The number of hydrogen-bond acceptors (Lipinski definition) is 0. The van der Waals surface area contributed by atoms with Crippen molar-refractivity contribution in [2.75, 3.05) is 0 Å². The maximum absolute atomic E-state index is 2.44. The first-order chi connectivity index (χ1) is 26.8. The van der Waals surface area contributed by atoms with Gasteiger partial charge in [0.1, 0.15) is 0 Å². The van der Waals surface area contributed by atoms with Gasteiger partial charge in [-0.15, -0.1) is 0 Å². The predicted octanol–water partition coefficient (Wildman–Crippen LogP) is 15.3. The molecule has 0 N–H and O–H groups in total. The Labute approximate surface area is 314 Å². The van der Waals surface area contributed by atoms with Gasteiger partial charge in [0.05, 0.1) is 0 Å². The lowest BCUT2D eigenvalue weighted by molar-refractivity contribution is 1.60. The van der Waals surface area contributed by atoms with Crippen LogP contribution < -0.4 is 0 Å². The van der Waals surface area contributed by atoms with Crippen molar-refractivity contribution < 1.29 is 0 Å². The van der Waals surface area contributed by atoms with Gasteiger partial charge in [0, 0.05) is 0 Å². The second kappa shape index (κ2) is 12.3. The molecular weight excluding hydrogens is 649 g/mol. The van der Waals surface area contributed by atoms with Gasteiger partial charge in [-0.25, -0.2) is 0 Å². The Hall–Kier alpha value is -7.02. The van der Waals surface area contributed by atoms with Gasteiger partial charge in [-0.05, 0) is 121 Å². The Morgan fingerprint density at radius 3 is 1.15 bits per heavy atom. The average Bonchev–Trinajstić information content (AvgIpc) is 3.25. The summed E-state index contributed by atoms with van der Waals surface area (Å²) >= 11 is 0. The summed E-state index contributed by atoms with van der Waals surface area (Å²) < 4.78 is 0. The van der Waals surface area contributed by atoms with Crippen LogP contribution in [-0.4, -0.2) is 0 Å². The molecule has 0 spiro atoms. The van der Waals surface area contributed by atoms with E-state index in [1.165, 1.54) is 109 Å². The van der Waals surface area contributed by atoms with Crippen molar-refractivity contribution in [1.82, 2.24) is 0 Å². The molecule has 0 fully saturated rings. The molecule has 11 aromatic carbocycles. The van der Waals surface area contributed by atoms with Crippen LogP contribution in [0.1, 0.15) is 0 Å². The molecule has 0 aromatic heterocycles. The third kappa shape index (κ3) is 4.64. The highest BCUT2D eigenvalue weighted by Crippen LogP contribution is 2.51. The minimum Gasteiger partial charge on any atom is -0.0622 e. The van der Waals surface area contributed by atoms with Gasteiger partial charge in [0.25, 0.3) is 0 Å². The summed E-state index contributed by atoms with van der Waals surface area (Å²) in [6, 6.07) is 76.1. The van der Waals surface area contributed by atoms with E-state index in [1.807, 2.05) is 0 Å². The van der Waals surface area contributed by atoms with Gasteiger partial charge in [0.15, 0.2) is 0 Å². The summed E-state index contributed by atoms with van der Waals surface area (Å²) in [5.74, 6) is 0. The van der Waals surface area contributed by atoms with E-state index in [0.29, 0.717) is 0 Å². The average molecular weight is 683 g/mol. The molecule has 0 nitrogen and oxygen atoms in total. The molecule has 0 amide bonds. The van der Waals surface area contributed by atoms with E-state index in [-0.39, 0.29) is 0 Å². The SMILES string of the molecule is c1ccc(-c2cc3ccccc3c(-c3ccccc3)c2-c2c3ccccc3c(-c3ccc4c5ccccc5c5ccccc5c4c3)c3ccccc23)cc1. The van der Waals surface area contributed by atoms with Gasteiger partial charge in [-0.1, -0.05) is 194 Å². The van der Waals surface area contributed by atoms with Crippen molar-refractivity contribution >= 4 is 64.6 Å². The minimum absolute atomic E-state index is 1.21. The smallest absolute Gasteiger partial charge is 0.000786 e. The van der Waals surface area contributed by atoms with E-state index in [2.05, 4.69) is 206 Å². The molecule has 0 unspecified atom stereocenters. The van der Waals surface area contributed by atoms with Crippen LogP contribution in [0.4, 0.5) is 0 Å². The molecule has 0 aliphatic carbocycles. The molecule has 0 bridgehead atoms. The monoisotopic (exact) mass is 682 g/mol. The minimum atomic E-state index is 1.21. The topological polar surface area (TPSA) is 0 Å². The molecule has 0 aliphatic heterocycles. The van der Waals surface area contributed by atoms with Crippen LogP contribution in [0.25, 0.3) is 109 Å². The van der Waals surface area contributed by atoms with Crippen molar-refractivity contribution in [2.45, 2.75) is 0 Å². The lowest BCUT2D eigenvalue weighted by atomic mass is 9.79. The quantitative estimate of drug-likeness (QED) is 0.128. The fraction of sp³-hybridized carbons (Fsp3) is 0. The van der Waals surface area contributed by atoms with E-state index in [4.69, 9.17) is 0 Å². The van der Waals surface area contributed by atoms with Crippen molar-refractivity contribution in [3.05, 3.63) is 206 Å². The molecule has 0 heterocycles. The molecule has 0 saturated carbocycles. The second-order valence-electron chi connectivity index (χ2n) is 14.3. The third-order valence-electron chi connectivity index (χ3n) is 11.4. The lowest BCUT2D eigenvalue weighted by Gasteiger charge is -2.24. The zero-order valence-electron chi connectivity index (χ0n) is 29.6. The molecule has 11 aromatic rings. The van der Waals surface area contributed by atoms with Crippen molar-refractivity contribution in [1.29, 1.82) is 0 Å². The van der Waals surface area contributed by atoms with Crippen LogP contribution in [0.15, 0.2) is 206 Å². The van der Waals surface area contributed by atoms with Crippen LogP contribution in [0, 0.1) is 0 Å². The predicted molar refractivity (Wildman–Crippen MR) is 233 cm³/mol. The maximum atomic E-state index is 2.44. The highest BCUT2D eigenvalue weighted by molar-refractivity contribution is 6.28.